The SMILES string of the molecule is CCCNCC1CCC(CC)CC1Cc1cc(Br)cs1. The van der Waals surface area contributed by atoms with Crippen LogP contribution in [0.3, 0.4) is 0 Å². The molecule has 0 aliphatic heterocycles. The van der Waals surface area contributed by atoms with Crippen LogP contribution in [0.15, 0.2) is 15.9 Å². The molecule has 114 valence electrons. The predicted molar refractivity (Wildman–Crippen MR) is 93.5 cm³/mol. The van der Waals surface area contributed by atoms with Gasteiger partial charge in [0.05, 0.1) is 0 Å². The summed E-state index contributed by atoms with van der Waals surface area (Å²) in [4.78, 5) is 1.55. The molecule has 0 aromatic carbocycles. The molecule has 1 N–H and O–H groups in total. The van der Waals surface area contributed by atoms with E-state index in [1.807, 2.05) is 11.3 Å². The van der Waals surface area contributed by atoms with Gasteiger partial charge in [-0.2, -0.15) is 0 Å². The van der Waals surface area contributed by atoms with E-state index in [4.69, 9.17) is 0 Å². The minimum Gasteiger partial charge on any atom is -0.316 e. The van der Waals surface area contributed by atoms with Crippen LogP contribution in [0.1, 0.15) is 50.8 Å². The summed E-state index contributed by atoms with van der Waals surface area (Å²) in [5.74, 6) is 2.72. The Balaban J connectivity index is 1.94. The van der Waals surface area contributed by atoms with E-state index in [0.29, 0.717) is 0 Å². The summed E-state index contributed by atoms with van der Waals surface area (Å²) in [7, 11) is 0. The van der Waals surface area contributed by atoms with Gasteiger partial charge in [-0.3, -0.25) is 0 Å². The number of hydrogen-bond acceptors (Lipinski definition) is 2. The highest BCUT2D eigenvalue weighted by atomic mass is 79.9. The van der Waals surface area contributed by atoms with Gasteiger partial charge in [-0.15, -0.1) is 11.3 Å². The van der Waals surface area contributed by atoms with E-state index in [2.05, 4.69) is 46.5 Å². The van der Waals surface area contributed by atoms with Crippen LogP contribution < -0.4 is 5.32 Å². The Hall–Kier alpha value is 0.140. The van der Waals surface area contributed by atoms with E-state index < -0.39 is 0 Å². The Morgan fingerprint density at radius 1 is 1.30 bits per heavy atom. The molecule has 0 bridgehead atoms. The molecule has 1 aromatic rings. The predicted octanol–water partition coefficient (Wildman–Crippen LogP) is 5.50. The highest BCUT2D eigenvalue weighted by molar-refractivity contribution is 9.10. The van der Waals surface area contributed by atoms with Gasteiger partial charge in [-0.05, 0) is 78.5 Å². The molecule has 0 spiro atoms. The van der Waals surface area contributed by atoms with Crippen molar-refractivity contribution in [3.63, 3.8) is 0 Å². The van der Waals surface area contributed by atoms with Crippen molar-refractivity contribution < 1.29 is 0 Å². The molecule has 1 aliphatic rings. The molecule has 2 rings (SSSR count). The van der Waals surface area contributed by atoms with Crippen molar-refractivity contribution in [2.45, 2.75) is 52.4 Å². The van der Waals surface area contributed by atoms with Gasteiger partial charge in [-0.25, -0.2) is 0 Å². The lowest BCUT2D eigenvalue weighted by molar-refractivity contribution is 0.172. The summed E-state index contributed by atoms with van der Waals surface area (Å²) in [6, 6.07) is 2.32. The molecule has 1 saturated carbocycles. The third kappa shape index (κ3) is 4.85. The first-order valence-electron chi connectivity index (χ1n) is 8.16. The lowest BCUT2D eigenvalue weighted by Gasteiger charge is -2.36. The molecule has 0 radical (unpaired) electrons. The molecule has 20 heavy (non-hydrogen) atoms. The number of halogens is 1. The van der Waals surface area contributed by atoms with Gasteiger partial charge in [0.15, 0.2) is 0 Å². The molecule has 1 heterocycles. The molecular formula is C17H28BrNS. The fourth-order valence-corrected chi connectivity index (χ4v) is 5.04. The number of hydrogen-bond donors (Lipinski definition) is 1. The summed E-state index contributed by atoms with van der Waals surface area (Å²) in [5.41, 5.74) is 0. The third-order valence-corrected chi connectivity index (χ3v) is 6.46. The molecule has 3 atom stereocenters. The van der Waals surface area contributed by atoms with E-state index >= 15 is 0 Å². The maximum Gasteiger partial charge on any atom is 0.0285 e. The second-order valence-corrected chi connectivity index (χ2v) is 8.16. The number of nitrogens with one attached hydrogen (secondary N) is 1. The van der Waals surface area contributed by atoms with E-state index in [1.54, 1.807) is 4.88 Å². The van der Waals surface area contributed by atoms with Crippen LogP contribution in [-0.4, -0.2) is 13.1 Å². The molecule has 0 amide bonds. The second-order valence-electron chi connectivity index (χ2n) is 6.25. The average molecular weight is 358 g/mol. The molecule has 3 unspecified atom stereocenters. The monoisotopic (exact) mass is 357 g/mol. The first-order chi connectivity index (χ1) is 9.72. The van der Waals surface area contributed by atoms with Gasteiger partial charge in [0.1, 0.15) is 0 Å². The van der Waals surface area contributed by atoms with Crippen LogP contribution in [0.5, 0.6) is 0 Å². The van der Waals surface area contributed by atoms with Crippen LogP contribution in [0, 0.1) is 17.8 Å². The lowest BCUT2D eigenvalue weighted by Crippen LogP contribution is -2.34. The lowest BCUT2D eigenvalue weighted by atomic mass is 9.71. The first-order valence-corrected chi connectivity index (χ1v) is 9.83. The van der Waals surface area contributed by atoms with Gasteiger partial charge in [0.2, 0.25) is 0 Å². The molecule has 3 heteroatoms. The maximum atomic E-state index is 3.65. The summed E-state index contributed by atoms with van der Waals surface area (Å²) >= 11 is 5.50. The van der Waals surface area contributed by atoms with Crippen molar-refractivity contribution in [2.75, 3.05) is 13.1 Å². The zero-order valence-corrected chi connectivity index (χ0v) is 15.2. The van der Waals surface area contributed by atoms with E-state index in [0.717, 1.165) is 17.8 Å². The second kappa shape index (κ2) is 8.55. The molecular weight excluding hydrogens is 330 g/mol. The molecule has 1 fully saturated rings. The normalized spacial score (nSPS) is 26.9. The zero-order chi connectivity index (χ0) is 14.4. The maximum absolute atomic E-state index is 3.65. The number of rotatable bonds is 7. The van der Waals surface area contributed by atoms with Crippen molar-refractivity contribution in [1.29, 1.82) is 0 Å². The smallest absolute Gasteiger partial charge is 0.0285 e. The minimum absolute atomic E-state index is 0.878. The van der Waals surface area contributed by atoms with Crippen molar-refractivity contribution in [2.24, 2.45) is 17.8 Å². The first kappa shape index (κ1) is 16.5. The Labute approximate surface area is 136 Å². The van der Waals surface area contributed by atoms with E-state index in [9.17, 15) is 0 Å². The summed E-state index contributed by atoms with van der Waals surface area (Å²) in [6.07, 6.45) is 8.19. The third-order valence-electron chi connectivity index (χ3n) is 4.74. The molecule has 0 saturated heterocycles. The molecule has 1 aliphatic carbocycles. The zero-order valence-electron chi connectivity index (χ0n) is 12.8. The van der Waals surface area contributed by atoms with Crippen LogP contribution in [0.25, 0.3) is 0 Å². The number of thiophene rings is 1. The summed E-state index contributed by atoms with van der Waals surface area (Å²) in [6.45, 7) is 7.01. The van der Waals surface area contributed by atoms with Crippen LogP contribution in [-0.2, 0) is 6.42 Å². The average Bonchev–Trinajstić information content (AvgIpc) is 2.86. The topological polar surface area (TPSA) is 12.0 Å². The van der Waals surface area contributed by atoms with Crippen molar-refractivity contribution in [3.05, 3.63) is 20.8 Å². The standard InChI is InChI=1S/C17H28BrNS/c1-3-7-19-11-14-6-5-13(4-2)8-15(14)9-17-10-16(18)12-20-17/h10,12-15,19H,3-9,11H2,1-2H3. The van der Waals surface area contributed by atoms with Gasteiger partial charge < -0.3 is 5.32 Å². The Morgan fingerprint density at radius 2 is 2.15 bits per heavy atom. The van der Waals surface area contributed by atoms with Crippen molar-refractivity contribution in [3.8, 4) is 0 Å². The van der Waals surface area contributed by atoms with Crippen LogP contribution >= 0.6 is 27.3 Å². The Morgan fingerprint density at radius 3 is 2.80 bits per heavy atom. The van der Waals surface area contributed by atoms with Crippen LogP contribution in [0.2, 0.25) is 0 Å². The fourth-order valence-electron chi connectivity index (χ4n) is 3.50. The Kier molecular flexibility index (Phi) is 7.06. The fraction of sp³-hybridized carbons (Fsp3) is 0.765. The Bertz CT molecular complexity index is 388. The highest BCUT2D eigenvalue weighted by Crippen LogP contribution is 2.38. The molecule has 1 nitrogen and oxygen atoms in total. The summed E-state index contributed by atoms with van der Waals surface area (Å²) in [5, 5.41) is 5.87. The minimum atomic E-state index is 0.878. The van der Waals surface area contributed by atoms with E-state index in [-0.39, 0.29) is 0 Å². The van der Waals surface area contributed by atoms with Gasteiger partial charge in [0, 0.05) is 14.7 Å². The van der Waals surface area contributed by atoms with E-state index in [1.165, 1.54) is 56.1 Å². The van der Waals surface area contributed by atoms with Gasteiger partial charge in [0.25, 0.3) is 0 Å². The largest absolute Gasteiger partial charge is 0.316 e. The quantitative estimate of drug-likeness (QED) is 0.635. The molecule has 1 aromatic heterocycles. The van der Waals surface area contributed by atoms with Gasteiger partial charge >= 0.3 is 0 Å². The van der Waals surface area contributed by atoms with Gasteiger partial charge in [-0.1, -0.05) is 26.7 Å². The summed E-state index contributed by atoms with van der Waals surface area (Å²) < 4.78 is 1.25. The van der Waals surface area contributed by atoms with Crippen molar-refractivity contribution >= 4 is 27.3 Å². The van der Waals surface area contributed by atoms with Crippen molar-refractivity contribution in [1.82, 2.24) is 5.32 Å². The highest BCUT2D eigenvalue weighted by Gasteiger charge is 2.29. The van der Waals surface area contributed by atoms with Crippen LogP contribution in [0.4, 0.5) is 0 Å².